The molecule has 0 spiro atoms. The molecule has 5 heteroatoms. The fourth-order valence-electron chi connectivity index (χ4n) is 1.16. The Kier molecular flexibility index (Phi) is 9.54. The highest BCUT2D eigenvalue weighted by atomic mass is 16.5. The molecule has 18 heavy (non-hydrogen) atoms. The number of unbranched alkanes of at least 4 members (excludes halogenated alkanes) is 2. The number of rotatable bonds is 9. The van der Waals surface area contributed by atoms with E-state index in [0.29, 0.717) is 13.2 Å². The molecule has 0 amide bonds. The van der Waals surface area contributed by atoms with Crippen molar-refractivity contribution >= 4 is 17.7 Å². The third-order valence-electron chi connectivity index (χ3n) is 1.97. The summed E-state index contributed by atoms with van der Waals surface area (Å²) in [7, 11) is 0. The van der Waals surface area contributed by atoms with E-state index in [4.69, 9.17) is 9.47 Å². The molecule has 0 aliphatic carbocycles. The van der Waals surface area contributed by atoms with Gasteiger partial charge in [0.25, 0.3) is 0 Å². The van der Waals surface area contributed by atoms with Crippen LogP contribution in [-0.2, 0) is 23.9 Å². The van der Waals surface area contributed by atoms with Crippen molar-refractivity contribution in [1.29, 1.82) is 0 Å². The minimum Gasteiger partial charge on any atom is -0.465 e. The normalized spacial score (nSPS) is 10.3. The summed E-state index contributed by atoms with van der Waals surface area (Å²) in [6, 6.07) is 0. The first-order valence-corrected chi connectivity index (χ1v) is 5.95. The maximum atomic E-state index is 11.0. The Morgan fingerprint density at radius 2 is 1.72 bits per heavy atom. The van der Waals surface area contributed by atoms with Crippen LogP contribution in [0.1, 0.15) is 39.5 Å². The van der Waals surface area contributed by atoms with E-state index in [0.717, 1.165) is 19.3 Å². The number of hydrogen-bond donors (Lipinski definition) is 0. The van der Waals surface area contributed by atoms with Gasteiger partial charge in [0.1, 0.15) is 18.8 Å². The molecule has 0 heterocycles. The lowest BCUT2D eigenvalue weighted by Gasteiger charge is -2.02. The summed E-state index contributed by atoms with van der Waals surface area (Å²) in [6.45, 7) is 3.35. The number of carbonyl (C=O) groups is 3. The van der Waals surface area contributed by atoms with Gasteiger partial charge in [-0.25, -0.2) is 0 Å². The minimum atomic E-state index is -0.465. The Balaban J connectivity index is 3.33. The zero-order valence-electron chi connectivity index (χ0n) is 10.9. The Morgan fingerprint density at radius 3 is 2.33 bits per heavy atom. The second-order valence-electron chi connectivity index (χ2n) is 3.87. The molecule has 5 nitrogen and oxygen atoms in total. The number of ketones is 1. The van der Waals surface area contributed by atoms with Crippen molar-refractivity contribution in [1.82, 2.24) is 0 Å². The van der Waals surface area contributed by atoms with Crippen LogP contribution in [0.4, 0.5) is 0 Å². The van der Waals surface area contributed by atoms with E-state index in [1.54, 1.807) is 6.08 Å². The third kappa shape index (κ3) is 12.4. The van der Waals surface area contributed by atoms with Gasteiger partial charge in [-0.3, -0.25) is 14.4 Å². The van der Waals surface area contributed by atoms with Crippen LogP contribution in [0.25, 0.3) is 0 Å². The predicted octanol–water partition coefficient (Wildman–Crippen LogP) is 1.80. The van der Waals surface area contributed by atoms with E-state index in [1.165, 1.54) is 13.8 Å². The average Bonchev–Trinajstić information content (AvgIpc) is 2.25. The molecule has 0 saturated carbocycles. The SMILES string of the molecule is CC(=O)CC(=O)OCCCC/C=C/COC(C)=O. The smallest absolute Gasteiger partial charge is 0.313 e. The lowest BCUT2D eigenvalue weighted by atomic mass is 10.2. The minimum absolute atomic E-state index is 0.151. The van der Waals surface area contributed by atoms with Gasteiger partial charge in [0.05, 0.1) is 6.61 Å². The van der Waals surface area contributed by atoms with E-state index >= 15 is 0 Å². The lowest BCUT2D eigenvalue weighted by molar-refractivity contribution is -0.146. The standard InChI is InChI=1S/C13H20O5/c1-11(14)10-13(16)18-9-7-5-3-4-6-8-17-12(2)15/h4,6H,3,5,7-10H2,1-2H3/b6-4+. The van der Waals surface area contributed by atoms with Crippen LogP contribution in [0.5, 0.6) is 0 Å². The summed E-state index contributed by atoms with van der Waals surface area (Å²) >= 11 is 0. The molecule has 0 aliphatic heterocycles. The molecule has 0 N–H and O–H groups in total. The lowest BCUT2D eigenvalue weighted by Crippen LogP contribution is -2.09. The molecule has 0 aromatic carbocycles. The van der Waals surface area contributed by atoms with Crippen molar-refractivity contribution in [2.75, 3.05) is 13.2 Å². The number of hydrogen-bond acceptors (Lipinski definition) is 5. The summed E-state index contributed by atoms with van der Waals surface area (Å²) in [6.07, 6.45) is 6.02. The van der Waals surface area contributed by atoms with Gasteiger partial charge in [0, 0.05) is 6.92 Å². The fourth-order valence-corrected chi connectivity index (χ4v) is 1.16. The first kappa shape index (κ1) is 16.4. The van der Waals surface area contributed by atoms with Crippen molar-refractivity contribution in [2.45, 2.75) is 39.5 Å². The van der Waals surface area contributed by atoms with Crippen LogP contribution in [0.3, 0.4) is 0 Å². The molecule has 0 aromatic rings. The first-order chi connectivity index (χ1) is 8.52. The summed E-state index contributed by atoms with van der Waals surface area (Å²) in [4.78, 5) is 32.0. The van der Waals surface area contributed by atoms with Crippen LogP contribution in [0.2, 0.25) is 0 Å². The molecule has 0 unspecified atom stereocenters. The highest BCUT2D eigenvalue weighted by Crippen LogP contribution is 1.98. The zero-order chi connectivity index (χ0) is 13.8. The quantitative estimate of drug-likeness (QED) is 0.272. The summed E-state index contributed by atoms with van der Waals surface area (Å²) < 4.78 is 9.57. The average molecular weight is 256 g/mol. The highest BCUT2D eigenvalue weighted by Gasteiger charge is 2.05. The number of esters is 2. The number of allylic oxidation sites excluding steroid dienone is 1. The Morgan fingerprint density at radius 1 is 1.00 bits per heavy atom. The maximum Gasteiger partial charge on any atom is 0.313 e. The first-order valence-electron chi connectivity index (χ1n) is 5.95. The molecule has 0 bridgehead atoms. The number of carbonyl (C=O) groups excluding carboxylic acids is 3. The molecule has 0 fully saturated rings. The van der Waals surface area contributed by atoms with Crippen LogP contribution < -0.4 is 0 Å². The van der Waals surface area contributed by atoms with Gasteiger partial charge in [-0.1, -0.05) is 12.2 Å². The van der Waals surface area contributed by atoms with E-state index in [-0.39, 0.29) is 18.2 Å². The summed E-state index contributed by atoms with van der Waals surface area (Å²) in [5.74, 6) is -0.946. The van der Waals surface area contributed by atoms with Gasteiger partial charge in [-0.05, 0) is 26.2 Å². The van der Waals surface area contributed by atoms with Gasteiger partial charge in [0.2, 0.25) is 0 Å². The van der Waals surface area contributed by atoms with Gasteiger partial charge in [0.15, 0.2) is 0 Å². The van der Waals surface area contributed by atoms with Crippen molar-refractivity contribution in [3.63, 3.8) is 0 Å². The van der Waals surface area contributed by atoms with Gasteiger partial charge < -0.3 is 9.47 Å². The zero-order valence-corrected chi connectivity index (χ0v) is 10.9. The fraction of sp³-hybridized carbons (Fsp3) is 0.615. The van der Waals surface area contributed by atoms with Crippen molar-refractivity contribution in [3.8, 4) is 0 Å². The second-order valence-corrected chi connectivity index (χ2v) is 3.87. The van der Waals surface area contributed by atoms with Crippen molar-refractivity contribution in [2.24, 2.45) is 0 Å². The van der Waals surface area contributed by atoms with E-state index in [1.807, 2.05) is 6.08 Å². The van der Waals surface area contributed by atoms with Crippen molar-refractivity contribution < 1.29 is 23.9 Å². The molecule has 102 valence electrons. The molecule has 0 radical (unpaired) electrons. The van der Waals surface area contributed by atoms with Crippen LogP contribution in [0.15, 0.2) is 12.2 Å². The third-order valence-corrected chi connectivity index (χ3v) is 1.97. The molecule has 0 rings (SSSR count). The number of Topliss-reactive ketones (excluding diaryl/α,β-unsaturated/α-hetero) is 1. The largest absolute Gasteiger partial charge is 0.465 e. The Hall–Kier alpha value is -1.65. The topological polar surface area (TPSA) is 69.7 Å². The van der Waals surface area contributed by atoms with Gasteiger partial charge in [-0.2, -0.15) is 0 Å². The Labute approximate surface area is 107 Å². The van der Waals surface area contributed by atoms with E-state index in [2.05, 4.69) is 0 Å². The van der Waals surface area contributed by atoms with Crippen LogP contribution in [-0.4, -0.2) is 30.9 Å². The second kappa shape index (κ2) is 10.5. The molecule has 0 aromatic heterocycles. The van der Waals surface area contributed by atoms with Gasteiger partial charge in [-0.15, -0.1) is 0 Å². The maximum absolute atomic E-state index is 11.0. The van der Waals surface area contributed by atoms with Gasteiger partial charge >= 0.3 is 11.9 Å². The Bertz CT molecular complexity index is 307. The molecular formula is C13H20O5. The van der Waals surface area contributed by atoms with E-state index in [9.17, 15) is 14.4 Å². The monoisotopic (exact) mass is 256 g/mol. The molecule has 0 saturated heterocycles. The molecular weight excluding hydrogens is 236 g/mol. The molecule has 0 atom stereocenters. The summed E-state index contributed by atoms with van der Waals surface area (Å²) in [5, 5.41) is 0. The van der Waals surface area contributed by atoms with Crippen LogP contribution >= 0.6 is 0 Å². The predicted molar refractivity (Wildman–Crippen MR) is 65.9 cm³/mol. The molecule has 0 aliphatic rings. The van der Waals surface area contributed by atoms with E-state index < -0.39 is 5.97 Å². The van der Waals surface area contributed by atoms with Crippen LogP contribution in [0, 0.1) is 0 Å². The number of ether oxygens (including phenoxy) is 2. The summed E-state index contributed by atoms with van der Waals surface area (Å²) in [5.41, 5.74) is 0. The highest BCUT2D eigenvalue weighted by molar-refractivity contribution is 5.94. The van der Waals surface area contributed by atoms with Crippen molar-refractivity contribution in [3.05, 3.63) is 12.2 Å².